The number of carbonyl (C=O) groups excluding carboxylic acids is 1. The normalized spacial score (nSPS) is 18.3. The summed E-state index contributed by atoms with van der Waals surface area (Å²) < 4.78 is 18.3. The van der Waals surface area contributed by atoms with Gasteiger partial charge in [-0.2, -0.15) is 5.26 Å². The third kappa shape index (κ3) is 8.28. The maximum atomic E-state index is 13.6. The number of fused-ring (bicyclic) bond motifs is 1. The average Bonchev–Trinajstić information content (AvgIpc) is 3.36. The summed E-state index contributed by atoms with van der Waals surface area (Å²) in [6.07, 6.45) is 2.21. The van der Waals surface area contributed by atoms with Gasteiger partial charge in [0.05, 0.1) is 46.6 Å². The smallest absolute Gasteiger partial charge is 0.414 e. The topological polar surface area (TPSA) is 133 Å². The minimum Gasteiger partial charge on any atom is -0.494 e. The number of aliphatic hydroxyl groups excluding tert-OH is 1. The molecule has 2 aliphatic heterocycles. The van der Waals surface area contributed by atoms with E-state index in [1.807, 2.05) is 32.9 Å². The fraction of sp³-hybridized carbons (Fsp3) is 0.526. The lowest BCUT2D eigenvalue weighted by Gasteiger charge is -2.39. The molecule has 11 nitrogen and oxygen atoms in total. The number of rotatable bonds is 8. The molecule has 1 fully saturated rings. The summed E-state index contributed by atoms with van der Waals surface area (Å²) in [7, 11) is -0.569. The molecule has 1 saturated heterocycles. The molecule has 1 aromatic heterocycles. The first-order chi connectivity index (χ1) is 23.7. The second-order valence-corrected chi connectivity index (χ2v) is 21.5. The van der Waals surface area contributed by atoms with Crippen LogP contribution in [-0.2, 0) is 14.6 Å². The van der Waals surface area contributed by atoms with Gasteiger partial charge in [0, 0.05) is 49.5 Å². The van der Waals surface area contributed by atoms with Gasteiger partial charge >= 0.3 is 6.09 Å². The number of halogens is 1. The van der Waals surface area contributed by atoms with Crippen LogP contribution in [-0.4, -0.2) is 74.5 Å². The van der Waals surface area contributed by atoms with Crippen LogP contribution in [0.15, 0.2) is 36.5 Å². The Morgan fingerprint density at radius 2 is 1.84 bits per heavy atom. The van der Waals surface area contributed by atoms with Crippen molar-refractivity contribution < 1.29 is 23.8 Å². The van der Waals surface area contributed by atoms with Gasteiger partial charge in [0.15, 0.2) is 8.32 Å². The molecule has 3 heterocycles. The van der Waals surface area contributed by atoms with Crippen LogP contribution in [0, 0.1) is 11.3 Å². The number of aromatic nitrogens is 2. The minimum atomic E-state index is -2.16. The van der Waals surface area contributed by atoms with Gasteiger partial charge in [-0.15, -0.1) is 0 Å². The summed E-state index contributed by atoms with van der Waals surface area (Å²) in [6.45, 7) is 20.6. The third-order valence-electron chi connectivity index (χ3n) is 10.1. The molecule has 0 saturated carbocycles. The number of nitriles is 1. The Morgan fingerprint density at radius 1 is 1.16 bits per heavy atom. The van der Waals surface area contributed by atoms with Crippen molar-refractivity contribution in [2.24, 2.45) is 0 Å². The highest BCUT2D eigenvalue weighted by molar-refractivity contribution is 6.74. The summed E-state index contributed by atoms with van der Waals surface area (Å²) in [4.78, 5) is 26.6. The fourth-order valence-corrected chi connectivity index (χ4v) is 7.54. The minimum absolute atomic E-state index is 0.00991. The zero-order valence-electron chi connectivity index (χ0n) is 31.5. The summed E-state index contributed by atoms with van der Waals surface area (Å²) >= 11 is 6.77. The Bertz CT molecular complexity index is 1830. The van der Waals surface area contributed by atoms with Gasteiger partial charge in [0.1, 0.15) is 17.4 Å². The third-order valence-corrected chi connectivity index (χ3v) is 14.9. The Labute approximate surface area is 308 Å². The first kappa shape index (κ1) is 38.3. The number of benzene rings is 2. The van der Waals surface area contributed by atoms with E-state index in [4.69, 9.17) is 30.5 Å². The van der Waals surface area contributed by atoms with Crippen molar-refractivity contribution in [2.45, 2.75) is 96.6 Å². The SMILES string of the molecule is COc1cc(N2CCC(O)CC2)c(Cl)cc1Nc1nccc(-c2cc(C#N)c3c(c2)C(C)(CO[Si](C)(C)C(C)(C)C)CN3C(=O)OC(C)(C)C)n1. The Kier molecular flexibility index (Phi) is 10.7. The second kappa shape index (κ2) is 14.3. The number of ether oxygens (including phenoxy) is 2. The molecule has 0 bridgehead atoms. The number of nitrogens with one attached hydrogen (secondary N) is 1. The number of hydrogen-bond acceptors (Lipinski definition) is 10. The standard InChI is InChI=1S/C38H51ClN6O5Si/c1-36(2,3)50-35(47)45-22-38(7,23-49-51(9,10)37(4,5)6)27-18-24(17-25(21-40)33(27)45)29-11-14-41-34(42-29)43-30-19-28(39)31(20-32(30)48-8)44-15-12-26(46)13-16-44/h11,14,17-20,26,46H,12-13,15-16,22-23H2,1-10H3,(H,41,42,43). The first-order valence-electron chi connectivity index (χ1n) is 17.4. The molecule has 13 heteroatoms. The van der Waals surface area contributed by atoms with Crippen molar-refractivity contribution in [3.63, 3.8) is 0 Å². The highest BCUT2D eigenvalue weighted by atomic mass is 35.5. The van der Waals surface area contributed by atoms with Crippen LogP contribution in [0.25, 0.3) is 11.3 Å². The van der Waals surface area contributed by atoms with E-state index in [0.29, 0.717) is 84.0 Å². The van der Waals surface area contributed by atoms with E-state index in [1.54, 1.807) is 36.4 Å². The molecule has 5 rings (SSSR count). The molecule has 0 aliphatic carbocycles. The number of methoxy groups -OCH3 is 1. The quantitative estimate of drug-likeness (QED) is 0.217. The van der Waals surface area contributed by atoms with Gasteiger partial charge in [-0.25, -0.2) is 14.8 Å². The summed E-state index contributed by atoms with van der Waals surface area (Å²) in [5.74, 6) is 0.882. The summed E-state index contributed by atoms with van der Waals surface area (Å²) in [6, 6.07) is 11.6. The average molecular weight is 735 g/mol. The summed E-state index contributed by atoms with van der Waals surface area (Å²) in [5, 5.41) is 24.2. The van der Waals surface area contributed by atoms with Crippen molar-refractivity contribution in [3.05, 3.63) is 52.7 Å². The van der Waals surface area contributed by atoms with Crippen LogP contribution in [0.4, 0.5) is 27.8 Å². The van der Waals surface area contributed by atoms with E-state index in [9.17, 15) is 15.2 Å². The van der Waals surface area contributed by atoms with Crippen molar-refractivity contribution in [1.82, 2.24) is 9.97 Å². The maximum Gasteiger partial charge on any atom is 0.414 e. The zero-order chi connectivity index (χ0) is 37.5. The van der Waals surface area contributed by atoms with Crippen molar-refractivity contribution in [1.29, 1.82) is 5.26 Å². The van der Waals surface area contributed by atoms with Crippen LogP contribution < -0.4 is 19.9 Å². The predicted octanol–water partition coefficient (Wildman–Crippen LogP) is 8.42. The van der Waals surface area contributed by atoms with Crippen molar-refractivity contribution in [2.75, 3.05) is 48.5 Å². The molecule has 2 aliphatic rings. The van der Waals surface area contributed by atoms with Gasteiger partial charge in [-0.3, -0.25) is 4.90 Å². The van der Waals surface area contributed by atoms with Crippen molar-refractivity contribution in [3.8, 4) is 23.1 Å². The fourth-order valence-electron chi connectivity index (χ4n) is 6.14. The number of amides is 1. The molecule has 1 unspecified atom stereocenters. The Balaban J connectivity index is 1.52. The van der Waals surface area contributed by atoms with E-state index in [1.165, 1.54) is 0 Å². The molecule has 2 N–H and O–H groups in total. The Morgan fingerprint density at radius 3 is 2.45 bits per heavy atom. The second-order valence-electron chi connectivity index (χ2n) is 16.3. The van der Waals surface area contributed by atoms with E-state index in [-0.39, 0.29) is 11.1 Å². The molecule has 0 spiro atoms. The lowest BCUT2D eigenvalue weighted by Crippen LogP contribution is -2.46. The predicted molar refractivity (Wildman–Crippen MR) is 205 cm³/mol. The lowest BCUT2D eigenvalue weighted by atomic mass is 9.83. The number of nitrogens with zero attached hydrogens (tertiary/aromatic N) is 5. The maximum absolute atomic E-state index is 13.6. The number of piperidine rings is 1. The summed E-state index contributed by atoms with van der Waals surface area (Å²) in [5.41, 5.74) is 3.07. The largest absolute Gasteiger partial charge is 0.494 e. The van der Waals surface area contributed by atoms with Crippen molar-refractivity contribution >= 4 is 49.0 Å². The molecule has 3 aromatic rings. The lowest BCUT2D eigenvalue weighted by molar-refractivity contribution is 0.0575. The Hall–Kier alpha value is -3.89. The van der Waals surface area contributed by atoms with Gasteiger partial charge in [0.25, 0.3) is 0 Å². The number of anilines is 4. The van der Waals surface area contributed by atoms with Crippen LogP contribution in [0.3, 0.4) is 0 Å². The monoisotopic (exact) mass is 734 g/mol. The van der Waals surface area contributed by atoms with Crippen LogP contribution in [0.2, 0.25) is 23.2 Å². The van der Waals surface area contributed by atoms with Gasteiger partial charge in [0.2, 0.25) is 5.95 Å². The zero-order valence-corrected chi connectivity index (χ0v) is 33.2. The number of hydrogen-bond donors (Lipinski definition) is 2. The van der Waals surface area contributed by atoms with Crippen LogP contribution in [0.1, 0.15) is 72.4 Å². The molecule has 1 amide bonds. The highest BCUT2D eigenvalue weighted by Gasteiger charge is 2.47. The van der Waals surface area contributed by atoms with Gasteiger partial charge in [-0.05, 0) is 81.6 Å². The molecule has 2 aromatic carbocycles. The molecule has 51 heavy (non-hydrogen) atoms. The molecular weight excluding hydrogens is 684 g/mol. The number of aliphatic hydroxyl groups is 1. The van der Waals surface area contributed by atoms with E-state index in [0.717, 1.165) is 11.3 Å². The van der Waals surface area contributed by atoms with Gasteiger partial charge < -0.3 is 29.2 Å². The van der Waals surface area contributed by atoms with E-state index in [2.05, 4.69) is 62.1 Å². The molecule has 274 valence electrons. The van der Waals surface area contributed by atoms with E-state index < -0.39 is 25.4 Å². The molecule has 0 radical (unpaired) electrons. The first-order valence-corrected chi connectivity index (χ1v) is 20.7. The van der Waals surface area contributed by atoms with Crippen LogP contribution >= 0.6 is 11.6 Å². The van der Waals surface area contributed by atoms with Gasteiger partial charge in [-0.1, -0.05) is 39.3 Å². The molecule has 1 atom stereocenters. The number of carbonyl (C=O) groups is 1. The highest BCUT2D eigenvalue weighted by Crippen LogP contribution is 2.47. The van der Waals surface area contributed by atoms with E-state index >= 15 is 0 Å². The van der Waals surface area contributed by atoms with Crippen LogP contribution in [0.5, 0.6) is 5.75 Å². The molecular formula is C38H51ClN6O5Si.